The zero-order valence-corrected chi connectivity index (χ0v) is 19.7. The maximum Gasteiger partial charge on any atom is 0.295 e. The number of likely N-dealkylation sites (tertiary alicyclic amines) is 1. The van der Waals surface area contributed by atoms with Gasteiger partial charge in [0.1, 0.15) is 11.5 Å². The van der Waals surface area contributed by atoms with E-state index in [-0.39, 0.29) is 24.3 Å². The first kappa shape index (κ1) is 25.0. The van der Waals surface area contributed by atoms with Gasteiger partial charge in [-0.1, -0.05) is 44.5 Å². The van der Waals surface area contributed by atoms with Crippen LogP contribution in [0.3, 0.4) is 0 Å². The number of hydrogen-bond acceptors (Lipinski definition) is 6. The fraction of sp³-hybridized carbons (Fsp3) is 0.370. The van der Waals surface area contributed by atoms with E-state index in [0.29, 0.717) is 36.5 Å². The van der Waals surface area contributed by atoms with Crippen molar-refractivity contribution in [2.45, 2.75) is 51.5 Å². The predicted molar refractivity (Wildman–Crippen MR) is 126 cm³/mol. The third-order valence-corrected chi connectivity index (χ3v) is 6.10. The molecule has 2 aromatic carbocycles. The Kier molecular flexibility index (Phi) is 8.10. The van der Waals surface area contributed by atoms with Crippen molar-refractivity contribution in [2.24, 2.45) is 0 Å². The van der Waals surface area contributed by atoms with Crippen molar-refractivity contribution in [1.29, 1.82) is 0 Å². The normalized spacial score (nSPS) is 17.4. The molecule has 7 nitrogen and oxygen atoms in total. The Balaban J connectivity index is 1.98. The number of amides is 1. The van der Waals surface area contributed by atoms with Crippen LogP contribution in [0.15, 0.2) is 54.1 Å². The van der Waals surface area contributed by atoms with Crippen LogP contribution in [0.25, 0.3) is 5.76 Å². The summed E-state index contributed by atoms with van der Waals surface area (Å²) in [6, 6.07) is 13.6. The number of aliphatic hydroxyl groups excluding tert-OH is 1. The van der Waals surface area contributed by atoms with Crippen LogP contribution in [-0.4, -0.2) is 41.3 Å². The second-order valence-electron chi connectivity index (χ2n) is 8.73. The maximum absolute atomic E-state index is 13.1. The van der Waals surface area contributed by atoms with Gasteiger partial charge in [0, 0.05) is 18.1 Å². The van der Waals surface area contributed by atoms with Crippen LogP contribution < -0.4 is 9.84 Å². The first-order valence-corrected chi connectivity index (χ1v) is 11.5. The number of carbonyl (C=O) groups is 3. The van der Waals surface area contributed by atoms with Crippen molar-refractivity contribution in [3.63, 3.8) is 0 Å². The number of carbonyl (C=O) groups excluding carboxylic acids is 3. The molecule has 1 aliphatic rings. The van der Waals surface area contributed by atoms with E-state index in [9.17, 15) is 24.6 Å². The van der Waals surface area contributed by atoms with E-state index in [1.165, 1.54) is 12.0 Å². The van der Waals surface area contributed by atoms with Crippen molar-refractivity contribution in [2.75, 3.05) is 13.7 Å². The van der Waals surface area contributed by atoms with E-state index >= 15 is 0 Å². The Labute approximate surface area is 199 Å². The molecule has 0 bridgehead atoms. The molecule has 1 saturated heterocycles. The molecule has 180 valence electrons. The molecule has 7 heteroatoms. The molecule has 1 amide bonds. The van der Waals surface area contributed by atoms with Gasteiger partial charge in [-0.2, -0.15) is 0 Å². The summed E-state index contributed by atoms with van der Waals surface area (Å²) < 4.78 is 5.16. The molecule has 0 saturated carbocycles. The first-order valence-electron chi connectivity index (χ1n) is 11.5. The van der Waals surface area contributed by atoms with E-state index < -0.39 is 23.7 Å². The minimum atomic E-state index is -1.11. The Morgan fingerprint density at radius 1 is 1.03 bits per heavy atom. The molecular weight excluding hydrogens is 434 g/mol. The number of carboxylic acid groups (broad SMARTS) is 1. The Bertz CT molecular complexity index is 1070. The van der Waals surface area contributed by atoms with Gasteiger partial charge < -0.3 is 24.6 Å². The highest BCUT2D eigenvalue weighted by molar-refractivity contribution is 6.46. The fourth-order valence-electron chi connectivity index (χ4n) is 4.15. The Morgan fingerprint density at radius 3 is 2.24 bits per heavy atom. The van der Waals surface area contributed by atoms with Gasteiger partial charge in [-0.25, -0.2) is 0 Å². The van der Waals surface area contributed by atoms with Crippen LogP contribution in [0.5, 0.6) is 5.75 Å². The van der Waals surface area contributed by atoms with Gasteiger partial charge >= 0.3 is 0 Å². The molecule has 1 unspecified atom stereocenters. The summed E-state index contributed by atoms with van der Waals surface area (Å²) in [4.78, 5) is 38.2. The van der Waals surface area contributed by atoms with Gasteiger partial charge in [-0.05, 0) is 60.6 Å². The van der Waals surface area contributed by atoms with Crippen LogP contribution in [-0.2, 0) is 14.4 Å². The zero-order chi connectivity index (χ0) is 24.8. The number of hydrogen-bond donors (Lipinski definition) is 1. The van der Waals surface area contributed by atoms with E-state index in [4.69, 9.17) is 4.74 Å². The highest BCUT2D eigenvalue weighted by Crippen LogP contribution is 2.40. The monoisotopic (exact) mass is 464 g/mol. The van der Waals surface area contributed by atoms with Crippen LogP contribution in [0.2, 0.25) is 0 Å². The summed E-state index contributed by atoms with van der Waals surface area (Å²) in [7, 11) is 1.54. The molecule has 3 rings (SSSR count). The lowest BCUT2D eigenvalue weighted by molar-refractivity contribution is -0.305. The number of ether oxygens (including phenoxy) is 1. The van der Waals surface area contributed by atoms with Gasteiger partial charge in [0.15, 0.2) is 0 Å². The number of nitrogens with zero attached hydrogens (tertiary/aromatic N) is 1. The number of unbranched alkanes of at least 4 members (excludes halogenated alkanes) is 2. The minimum Gasteiger partial charge on any atom is -0.550 e. The maximum atomic E-state index is 13.1. The number of rotatable bonds is 10. The molecule has 0 radical (unpaired) electrons. The number of methoxy groups -OCH3 is 1. The molecule has 1 N–H and O–H groups in total. The van der Waals surface area contributed by atoms with Crippen LogP contribution >= 0.6 is 0 Å². The molecule has 34 heavy (non-hydrogen) atoms. The molecule has 0 aromatic heterocycles. The molecule has 1 atom stereocenters. The fourth-order valence-corrected chi connectivity index (χ4v) is 4.15. The van der Waals surface area contributed by atoms with Crippen molar-refractivity contribution in [3.8, 4) is 5.75 Å². The highest BCUT2D eigenvalue weighted by atomic mass is 16.5. The second-order valence-corrected chi connectivity index (χ2v) is 8.73. The van der Waals surface area contributed by atoms with Crippen molar-refractivity contribution in [3.05, 3.63) is 70.8 Å². The first-order chi connectivity index (χ1) is 16.2. The summed E-state index contributed by atoms with van der Waals surface area (Å²) in [5.74, 6) is -1.82. The molecule has 2 aromatic rings. The van der Waals surface area contributed by atoms with Gasteiger partial charge in [-0.3, -0.25) is 9.59 Å². The van der Waals surface area contributed by atoms with Gasteiger partial charge in [0.2, 0.25) is 0 Å². The summed E-state index contributed by atoms with van der Waals surface area (Å²) >= 11 is 0. The topological polar surface area (TPSA) is 107 Å². The lowest BCUT2D eigenvalue weighted by Crippen LogP contribution is -2.30. The molecule has 0 aliphatic carbocycles. The predicted octanol–water partition coefficient (Wildman–Crippen LogP) is 3.55. The Hall–Kier alpha value is -3.61. The molecule has 1 aliphatic heterocycles. The van der Waals surface area contributed by atoms with Crippen molar-refractivity contribution in [1.82, 2.24) is 4.90 Å². The number of carboxylic acids is 1. The molecular formula is C27H30NO6-. The van der Waals surface area contributed by atoms with Crippen molar-refractivity contribution < 1.29 is 29.3 Å². The number of ketones is 1. The highest BCUT2D eigenvalue weighted by Gasteiger charge is 2.45. The third kappa shape index (κ3) is 5.47. The van der Waals surface area contributed by atoms with E-state index in [0.717, 1.165) is 11.1 Å². The summed E-state index contributed by atoms with van der Waals surface area (Å²) in [6.45, 7) is 4.43. The standard InChI is InChI=1S/C27H31NO6/c1-17(2)18-8-10-19(11-9-18)24-23(25(31)20-12-14-21(34-3)15-13-20)26(32)27(33)28(24)16-6-4-5-7-22(29)30/h8-15,17,24,31H,4-7,16H2,1-3H3,(H,29,30)/p-1. The van der Waals surface area contributed by atoms with E-state index in [2.05, 4.69) is 13.8 Å². The molecule has 0 spiro atoms. The van der Waals surface area contributed by atoms with E-state index in [1.807, 2.05) is 24.3 Å². The number of Topliss-reactive ketones (excluding diaryl/α,β-unsaturated/α-hetero) is 1. The van der Waals surface area contributed by atoms with E-state index in [1.54, 1.807) is 24.3 Å². The Morgan fingerprint density at radius 2 is 1.68 bits per heavy atom. The van der Waals surface area contributed by atoms with Gasteiger partial charge in [0.05, 0.1) is 18.7 Å². The lowest BCUT2D eigenvalue weighted by Gasteiger charge is -2.25. The molecule has 1 heterocycles. The zero-order valence-electron chi connectivity index (χ0n) is 19.7. The number of aliphatic carboxylic acids is 1. The van der Waals surface area contributed by atoms with Crippen LogP contribution in [0.4, 0.5) is 0 Å². The lowest BCUT2D eigenvalue weighted by atomic mass is 9.93. The van der Waals surface area contributed by atoms with Crippen molar-refractivity contribution >= 4 is 23.4 Å². The largest absolute Gasteiger partial charge is 0.550 e. The molecule has 1 fully saturated rings. The SMILES string of the molecule is COc1ccc(C(O)=C2C(=O)C(=O)N(CCCCCC(=O)[O-])C2c2ccc(C(C)C)cc2)cc1. The second kappa shape index (κ2) is 11.0. The average molecular weight is 465 g/mol. The van der Waals surface area contributed by atoms with Gasteiger partial charge in [0.25, 0.3) is 11.7 Å². The summed E-state index contributed by atoms with van der Waals surface area (Å²) in [5, 5.41) is 21.8. The third-order valence-electron chi connectivity index (χ3n) is 6.10. The average Bonchev–Trinajstić information content (AvgIpc) is 3.08. The minimum absolute atomic E-state index is 0.0437. The van der Waals surface area contributed by atoms with Gasteiger partial charge in [-0.15, -0.1) is 0 Å². The number of benzene rings is 2. The van der Waals surface area contributed by atoms with Crippen LogP contribution in [0.1, 0.15) is 68.2 Å². The summed E-state index contributed by atoms with van der Waals surface area (Å²) in [6.07, 6.45) is 1.50. The quantitative estimate of drug-likeness (QED) is 0.249. The van der Waals surface area contributed by atoms with Crippen LogP contribution in [0, 0.1) is 0 Å². The smallest absolute Gasteiger partial charge is 0.295 e. The summed E-state index contributed by atoms with van der Waals surface area (Å²) in [5.41, 5.74) is 2.31. The number of aliphatic hydroxyl groups is 1.